The minimum absolute atomic E-state index is 0.151. The van der Waals surface area contributed by atoms with Gasteiger partial charge in [-0.3, -0.25) is 14.6 Å². The molecule has 1 aromatic carbocycles. The van der Waals surface area contributed by atoms with E-state index >= 15 is 0 Å². The van der Waals surface area contributed by atoms with Crippen LogP contribution in [0.2, 0.25) is 0 Å². The van der Waals surface area contributed by atoms with Crippen molar-refractivity contribution in [2.45, 2.75) is 19.9 Å². The van der Waals surface area contributed by atoms with Gasteiger partial charge < -0.3 is 5.32 Å². The second-order valence-corrected chi connectivity index (χ2v) is 5.55. The third-order valence-electron chi connectivity index (χ3n) is 3.78. The van der Waals surface area contributed by atoms with Crippen LogP contribution in [0.3, 0.4) is 0 Å². The summed E-state index contributed by atoms with van der Waals surface area (Å²) in [6, 6.07) is 14.4. The summed E-state index contributed by atoms with van der Waals surface area (Å²) in [4.78, 5) is 28.0. The Morgan fingerprint density at radius 1 is 1.04 bits per heavy atom. The Morgan fingerprint density at radius 3 is 2.44 bits per heavy atom. The van der Waals surface area contributed by atoms with Gasteiger partial charge in [0.1, 0.15) is 6.54 Å². The van der Waals surface area contributed by atoms with E-state index in [4.69, 9.17) is 0 Å². The summed E-state index contributed by atoms with van der Waals surface area (Å²) in [6.45, 7) is 1.94. The van der Waals surface area contributed by atoms with Gasteiger partial charge in [0, 0.05) is 29.7 Å². The number of aromatic nitrogens is 3. The lowest BCUT2D eigenvalue weighted by atomic mass is 10.1. The van der Waals surface area contributed by atoms with Gasteiger partial charge in [0.25, 0.3) is 5.56 Å². The molecule has 126 valence electrons. The number of hydrogen-bond acceptors (Lipinski definition) is 4. The number of amides is 1. The first kappa shape index (κ1) is 16.6. The minimum atomic E-state index is -0.321. The van der Waals surface area contributed by atoms with Gasteiger partial charge in [-0.25, -0.2) is 4.68 Å². The summed E-state index contributed by atoms with van der Waals surface area (Å²) >= 11 is 0. The van der Waals surface area contributed by atoms with Crippen molar-refractivity contribution in [2.75, 3.05) is 5.32 Å². The SMILES string of the molecule is CCc1ccc(-c2ccc(=O)n(CC(=O)Nc3ccncc3)n2)cc1. The van der Waals surface area contributed by atoms with Crippen LogP contribution in [-0.2, 0) is 17.8 Å². The quantitative estimate of drug-likeness (QED) is 0.778. The van der Waals surface area contributed by atoms with Crippen LogP contribution in [0.5, 0.6) is 0 Å². The van der Waals surface area contributed by atoms with E-state index in [0.717, 1.165) is 12.0 Å². The number of hydrogen-bond donors (Lipinski definition) is 1. The summed E-state index contributed by atoms with van der Waals surface area (Å²) < 4.78 is 1.17. The first-order chi connectivity index (χ1) is 12.2. The summed E-state index contributed by atoms with van der Waals surface area (Å²) in [5, 5.41) is 7.02. The lowest BCUT2D eigenvalue weighted by molar-refractivity contribution is -0.117. The molecule has 0 unspecified atom stereocenters. The second kappa shape index (κ2) is 7.53. The molecule has 0 aliphatic rings. The third kappa shape index (κ3) is 4.17. The molecular weight excluding hydrogens is 316 g/mol. The van der Waals surface area contributed by atoms with Crippen LogP contribution in [-0.4, -0.2) is 20.7 Å². The molecule has 1 amide bonds. The van der Waals surface area contributed by atoms with E-state index in [-0.39, 0.29) is 18.0 Å². The van der Waals surface area contributed by atoms with Crippen molar-refractivity contribution in [1.82, 2.24) is 14.8 Å². The van der Waals surface area contributed by atoms with E-state index < -0.39 is 0 Å². The highest BCUT2D eigenvalue weighted by atomic mass is 16.2. The number of anilines is 1. The topological polar surface area (TPSA) is 76.9 Å². The van der Waals surface area contributed by atoms with Gasteiger partial charge in [-0.05, 0) is 30.2 Å². The number of nitrogens with zero attached hydrogens (tertiary/aromatic N) is 3. The van der Waals surface area contributed by atoms with Crippen molar-refractivity contribution in [3.8, 4) is 11.3 Å². The van der Waals surface area contributed by atoms with Crippen molar-refractivity contribution in [2.24, 2.45) is 0 Å². The van der Waals surface area contributed by atoms with Crippen molar-refractivity contribution in [3.05, 3.63) is 76.8 Å². The van der Waals surface area contributed by atoms with Crippen LogP contribution in [0.1, 0.15) is 12.5 Å². The Labute approximate surface area is 145 Å². The smallest absolute Gasteiger partial charge is 0.267 e. The molecule has 2 aromatic heterocycles. The number of rotatable bonds is 5. The molecule has 0 aliphatic carbocycles. The van der Waals surface area contributed by atoms with Gasteiger partial charge in [-0.15, -0.1) is 0 Å². The summed E-state index contributed by atoms with van der Waals surface area (Å²) in [6.07, 6.45) is 4.13. The number of benzene rings is 1. The third-order valence-corrected chi connectivity index (χ3v) is 3.78. The number of aryl methyl sites for hydroxylation is 1. The standard InChI is InChI=1S/C19H18N4O2/c1-2-14-3-5-15(6-4-14)17-7-8-19(25)23(22-17)13-18(24)21-16-9-11-20-12-10-16/h3-12H,2,13H2,1H3,(H,20,21,24). The first-order valence-corrected chi connectivity index (χ1v) is 8.03. The van der Waals surface area contributed by atoms with E-state index in [1.165, 1.54) is 16.3 Å². The predicted molar refractivity (Wildman–Crippen MR) is 96.2 cm³/mol. The van der Waals surface area contributed by atoms with Gasteiger partial charge in [-0.2, -0.15) is 5.10 Å². The molecule has 0 fully saturated rings. The second-order valence-electron chi connectivity index (χ2n) is 5.55. The normalized spacial score (nSPS) is 10.4. The van der Waals surface area contributed by atoms with Crippen LogP contribution in [0.15, 0.2) is 65.7 Å². The lowest BCUT2D eigenvalue weighted by Crippen LogP contribution is -2.29. The lowest BCUT2D eigenvalue weighted by Gasteiger charge is -2.08. The van der Waals surface area contributed by atoms with Crippen LogP contribution in [0.4, 0.5) is 5.69 Å². The van der Waals surface area contributed by atoms with E-state index in [9.17, 15) is 9.59 Å². The molecule has 0 aliphatic heterocycles. The maximum absolute atomic E-state index is 12.1. The monoisotopic (exact) mass is 334 g/mol. The average Bonchev–Trinajstić information content (AvgIpc) is 2.64. The van der Waals surface area contributed by atoms with Gasteiger partial charge in [-0.1, -0.05) is 31.2 Å². The largest absolute Gasteiger partial charge is 0.324 e. The number of nitrogens with one attached hydrogen (secondary N) is 1. The van der Waals surface area contributed by atoms with Crippen LogP contribution >= 0.6 is 0 Å². The van der Waals surface area contributed by atoms with Crippen LogP contribution in [0, 0.1) is 0 Å². The molecule has 25 heavy (non-hydrogen) atoms. The fourth-order valence-corrected chi connectivity index (χ4v) is 2.40. The molecule has 3 aromatic rings. The zero-order chi connectivity index (χ0) is 17.6. The van der Waals surface area contributed by atoms with Gasteiger partial charge >= 0.3 is 0 Å². The Morgan fingerprint density at radius 2 is 1.76 bits per heavy atom. The molecule has 2 heterocycles. The van der Waals surface area contributed by atoms with E-state index in [1.807, 2.05) is 24.3 Å². The van der Waals surface area contributed by atoms with Gasteiger partial charge in [0.2, 0.25) is 5.91 Å². The average molecular weight is 334 g/mol. The number of carbonyl (C=O) groups excluding carboxylic acids is 1. The van der Waals surface area contributed by atoms with Crippen molar-refractivity contribution in [3.63, 3.8) is 0 Å². The van der Waals surface area contributed by atoms with E-state index in [1.54, 1.807) is 30.6 Å². The molecule has 0 saturated carbocycles. The molecule has 0 bridgehead atoms. The molecule has 3 rings (SSSR count). The minimum Gasteiger partial charge on any atom is -0.324 e. The predicted octanol–water partition coefficient (Wildman–Crippen LogP) is 2.51. The van der Waals surface area contributed by atoms with Crippen molar-refractivity contribution < 1.29 is 4.79 Å². The van der Waals surface area contributed by atoms with Crippen molar-refractivity contribution in [1.29, 1.82) is 0 Å². The molecule has 1 N–H and O–H groups in total. The molecule has 0 radical (unpaired) electrons. The highest BCUT2D eigenvalue weighted by Crippen LogP contribution is 2.16. The Hall–Kier alpha value is -3.28. The number of pyridine rings is 1. The molecule has 0 atom stereocenters. The summed E-state index contributed by atoms with van der Waals surface area (Å²) in [5.41, 5.74) is 3.09. The van der Waals surface area contributed by atoms with E-state index in [0.29, 0.717) is 11.4 Å². The van der Waals surface area contributed by atoms with Crippen LogP contribution < -0.4 is 10.9 Å². The zero-order valence-electron chi connectivity index (χ0n) is 13.8. The van der Waals surface area contributed by atoms with E-state index in [2.05, 4.69) is 22.3 Å². The Balaban J connectivity index is 1.79. The maximum Gasteiger partial charge on any atom is 0.267 e. The fraction of sp³-hybridized carbons (Fsp3) is 0.158. The summed E-state index contributed by atoms with van der Waals surface area (Å²) in [5.74, 6) is -0.320. The highest BCUT2D eigenvalue weighted by Gasteiger charge is 2.08. The molecule has 6 nitrogen and oxygen atoms in total. The number of carbonyl (C=O) groups is 1. The van der Waals surface area contributed by atoms with Crippen molar-refractivity contribution >= 4 is 11.6 Å². The summed E-state index contributed by atoms with van der Waals surface area (Å²) in [7, 11) is 0. The molecule has 6 heteroatoms. The van der Waals surface area contributed by atoms with Gasteiger partial charge in [0.05, 0.1) is 5.69 Å². The fourth-order valence-electron chi connectivity index (χ4n) is 2.40. The first-order valence-electron chi connectivity index (χ1n) is 8.03. The molecule has 0 saturated heterocycles. The zero-order valence-corrected chi connectivity index (χ0v) is 13.8. The Kier molecular flexibility index (Phi) is 4.99. The van der Waals surface area contributed by atoms with Gasteiger partial charge in [0.15, 0.2) is 0 Å². The maximum atomic E-state index is 12.1. The highest BCUT2D eigenvalue weighted by molar-refractivity contribution is 5.90. The molecular formula is C19H18N4O2. The van der Waals surface area contributed by atoms with Crippen LogP contribution in [0.25, 0.3) is 11.3 Å². The molecule has 0 spiro atoms. The Bertz CT molecular complexity index is 918.